The van der Waals surface area contributed by atoms with E-state index in [9.17, 15) is 38.4 Å². The number of likely N-dealkylation sites (N-methyl/N-ethyl adjacent to an activating group) is 7. The molecule has 0 heterocycles. The van der Waals surface area contributed by atoms with Crippen LogP contribution in [0.4, 0.5) is 0 Å². The quantitative estimate of drug-likeness (QED) is 0.0168. The van der Waals surface area contributed by atoms with Gasteiger partial charge in [-0.1, -0.05) is 0 Å². The van der Waals surface area contributed by atoms with Crippen LogP contribution in [0.1, 0.15) is 12.8 Å². The summed E-state index contributed by atoms with van der Waals surface area (Å²) in [6.07, 6.45) is 5.28. The summed E-state index contributed by atoms with van der Waals surface area (Å²) in [6, 6.07) is -0.00597. The fraction of sp³-hybridized carbons (Fsp3) is 0.800. The molecule has 0 aromatic rings. The maximum Gasteiger partial charge on any atom is 0.242 e. The van der Waals surface area contributed by atoms with Crippen LogP contribution >= 0.6 is 0 Å². The summed E-state index contributed by atoms with van der Waals surface area (Å²) in [5.41, 5.74) is 10.5. The maximum absolute atomic E-state index is 11.5. The number of nitrogens with two attached hydrogens (primary N) is 2. The van der Waals surface area contributed by atoms with Gasteiger partial charge in [-0.05, 0) is 47.6 Å². The summed E-state index contributed by atoms with van der Waals surface area (Å²) in [5, 5.41) is 7.95. The Labute approximate surface area is 380 Å². The average molecular weight is 1180 g/mol. The number of rotatable bonds is 38. The van der Waals surface area contributed by atoms with Crippen LogP contribution in [-0.2, 0) is 66.8 Å². The molecule has 0 saturated heterocycles. The number of hydrogen-bond donors (Lipinski definition) is 5. The van der Waals surface area contributed by atoms with E-state index >= 15 is 0 Å². The summed E-state index contributed by atoms with van der Waals surface area (Å²) >= 11 is 0. The number of ether oxygens (including phenoxy) is 6. The monoisotopic (exact) mass is 1180 g/mol. The molecule has 7 N–H and O–H groups in total. The average Bonchev–Trinajstić information content (AvgIpc) is 3.27. The number of carbonyl (C=O) groups excluding carboxylic acids is 8. The first-order chi connectivity index (χ1) is 30.7. The Morgan fingerprint density at radius 2 is 0.954 bits per heavy atom. The molecule has 65 heavy (non-hydrogen) atoms. The second-order valence-electron chi connectivity index (χ2n) is 13.6. The molecule has 0 aliphatic rings. The van der Waals surface area contributed by atoms with Gasteiger partial charge in [0.05, 0.1) is 125 Å². The summed E-state index contributed by atoms with van der Waals surface area (Å²) in [7, 11) is 13.2. The number of amides is 5. The van der Waals surface area contributed by atoms with Crippen LogP contribution in [0.3, 0.4) is 0 Å². The Bertz CT molecular complexity index is 1150. The van der Waals surface area contributed by atoms with Crippen LogP contribution in [0.5, 0.6) is 0 Å². The Balaban J connectivity index is -0.000000256. The van der Waals surface area contributed by atoms with Gasteiger partial charge in [0.25, 0.3) is 0 Å². The number of nitrogens with zero attached hydrogens (tertiary/aromatic N) is 5. The minimum atomic E-state index is -0.406. The zero-order valence-electron chi connectivity index (χ0n) is 40.0. The third-order valence-corrected chi connectivity index (χ3v) is 7.78. The van der Waals surface area contributed by atoms with Crippen molar-refractivity contribution in [2.24, 2.45) is 11.5 Å². The number of hydrogen-bond acceptors (Lipinski definition) is 19. The van der Waals surface area contributed by atoms with E-state index in [1.807, 2.05) is 7.05 Å². The van der Waals surface area contributed by atoms with Gasteiger partial charge in [0, 0.05) is 41.3 Å². The zero-order chi connectivity index (χ0) is 49.2. The normalized spacial score (nSPS) is 10.5. The van der Waals surface area contributed by atoms with E-state index in [2.05, 4.69) is 16.0 Å². The van der Waals surface area contributed by atoms with Gasteiger partial charge >= 0.3 is 0 Å². The van der Waals surface area contributed by atoms with Crippen molar-refractivity contribution < 1.29 is 66.8 Å². The SMILES string of the molecule is CN(C)CC(=O)N(C)CC(=O)N(C)CC=O.CN(CC=O)C(=O)CN(C)C(=O)CN[C-]=O.CNC(C=O)CCCN.CNCCOCCOCCOCCOCCOCCOCCN.[Fm]. The first kappa shape index (κ1) is 69.0. The van der Waals surface area contributed by atoms with E-state index in [1.54, 1.807) is 33.1 Å². The van der Waals surface area contributed by atoms with Gasteiger partial charge in [-0.3, -0.25) is 19.2 Å². The van der Waals surface area contributed by atoms with Gasteiger partial charge in [-0.25, -0.2) is 0 Å². The van der Waals surface area contributed by atoms with E-state index in [1.165, 1.54) is 42.3 Å². The summed E-state index contributed by atoms with van der Waals surface area (Å²) < 4.78 is 31.9. The fourth-order valence-corrected chi connectivity index (χ4v) is 3.97. The second-order valence-corrected chi connectivity index (χ2v) is 13.6. The predicted octanol–water partition coefficient (Wildman–Crippen LogP) is -4.80. The third kappa shape index (κ3) is 51.4. The Kier molecular flexibility index (Phi) is 56.5. The van der Waals surface area contributed by atoms with Crippen LogP contribution in [0, 0.1) is 0 Å². The molecule has 24 nitrogen and oxygen atoms in total. The number of carbonyl (C=O) groups is 7. The molecule has 1 unspecified atom stereocenters. The number of aldehydes is 3. The molecule has 0 aliphatic carbocycles. The number of nitrogens with one attached hydrogen (secondary N) is 3. The van der Waals surface area contributed by atoms with Crippen LogP contribution in [0.25, 0.3) is 0 Å². The molecule has 388 valence electrons. The third-order valence-electron chi connectivity index (χ3n) is 7.78. The van der Waals surface area contributed by atoms with Crippen molar-refractivity contribution in [2.75, 3.05) is 195 Å². The van der Waals surface area contributed by atoms with E-state index < -0.39 is 5.91 Å². The summed E-state index contributed by atoms with van der Waals surface area (Å²) in [5.74, 6) is -1.13. The molecule has 0 bridgehead atoms. The van der Waals surface area contributed by atoms with E-state index in [0.717, 1.165) is 30.6 Å². The minimum Gasteiger partial charge on any atom is -0.522 e. The van der Waals surface area contributed by atoms with Crippen molar-refractivity contribution in [2.45, 2.75) is 18.9 Å². The molecule has 0 aromatic carbocycles. The van der Waals surface area contributed by atoms with Crippen molar-refractivity contribution >= 4 is 48.9 Å². The van der Waals surface area contributed by atoms with Crippen LogP contribution in [-0.4, -0.2) is 274 Å². The minimum absolute atomic E-state index is 0. The van der Waals surface area contributed by atoms with Gasteiger partial charge in [-0.15, -0.1) is 0 Å². The summed E-state index contributed by atoms with van der Waals surface area (Å²) in [6.45, 7) is 9.00. The predicted molar refractivity (Wildman–Crippen MR) is 240 cm³/mol. The van der Waals surface area contributed by atoms with Gasteiger partial charge in [0.15, 0.2) is 0 Å². The Morgan fingerprint density at radius 3 is 1.28 bits per heavy atom. The molecule has 25 heteroatoms. The van der Waals surface area contributed by atoms with E-state index in [4.69, 9.17) is 39.9 Å². The zero-order valence-corrected chi connectivity index (χ0v) is 42.4. The largest absolute Gasteiger partial charge is 0.522 e. The fourth-order valence-electron chi connectivity index (χ4n) is 3.97. The van der Waals surface area contributed by atoms with Crippen LogP contribution < -0.4 is 27.4 Å². The van der Waals surface area contributed by atoms with Crippen molar-refractivity contribution in [3.8, 4) is 0 Å². The molecule has 0 aliphatic heterocycles. The molecule has 0 radical (unpaired) electrons. The first-order valence-electron chi connectivity index (χ1n) is 20.9. The topological polar surface area (TPSA) is 296 Å². The van der Waals surface area contributed by atoms with Gasteiger partial charge < -0.3 is 99.5 Å². The van der Waals surface area contributed by atoms with Gasteiger partial charge in [0.2, 0.25) is 23.6 Å². The van der Waals surface area contributed by atoms with Gasteiger partial charge in [-0.2, -0.15) is 6.41 Å². The maximum atomic E-state index is 11.5. The molecular weight excluding hydrogens is 1100 g/mol. The standard InChI is InChI=1S/C15H34N2O6.C10H19N3O3.C9H14N3O4.C6H14N2O.Fm/c1-17-3-5-19-7-9-21-11-13-23-15-14-22-12-10-20-8-6-18-4-2-16;1-11(2)7-9(15)13(4)8-10(16)12(3)5-6-14;1-11(3-4-13)9(16)6-12(2)8(15)5-10-7-14;1-8-6(5-9)3-2-4-7;/h17H,2-16H2,1H3;6H,5,7-8H2,1-4H3;4H,3,5-6H2,1-2H3,(H,10,14);5-6,8H,2-4,7H2,1H3;/q;;-1;;. The Morgan fingerprint density at radius 1 is 0.569 bits per heavy atom. The molecular formula is C40H81FmN10O14-. The van der Waals surface area contributed by atoms with Crippen LogP contribution in [0.2, 0.25) is 0 Å². The molecule has 5 amide bonds. The molecule has 1 atom stereocenters. The Hall–Kier alpha value is -5.08. The van der Waals surface area contributed by atoms with Crippen molar-refractivity contribution in [3.05, 3.63) is 0 Å². The molecule has 0 saturated carbocycles. The van der Waals surface area contributed by atoms with E-state index in [-0.39, 0.29) is 63.0 Å². The van der Waals surface area contributed by atoms with Crippen LogP contribution in [0.15, 0.2) is 0 Å². The first-order valence-corrected chi connectivity index (χ1v) is 20.9. The van der Waals surface area contributed by atoms with Gasteiger partial charge in [0.1, 0.15) is 18.9 Å². The van der Waals surface area contributed by atoms with E-state index in [0.29, 0.717) is 105 Å². The van der Waals surface area contributed by atoms with Crippen molar-refractivity contribution in [3.63, 3.8) is 0 Å². The summed E-state index contributed by atoms with van der Waals surface area (Å²) in [4.78, 5) is 92.7. The second kappa shape index (κ2) is 53.3. The van der Waals surface area contributed by atoms with Crippen molar-refractivity contribution in [1.82, 2.24) is 40.4 Å². The van der Waals surface area contributed by atoms with Crippen molar-refractivity contribution in [1.29, 1.82) is 0 Å². The smallest absolute Gasteiger partial charge is 0.242 e. The molecule has 0 fully saturated rings. The molecule has 0 aromatic heterocycles. The molecule has 0 rings (SSSR count). The molecule has 0 spiro atoms.